The van der Waals surface area contributed by atoms with Gasteiger partial charge in [0.2, 0.25) is 0 Å². The van der Waals surface area contributed by atoms with E-state index in [0.29, 0.717) is 30.0 Å². The molecule has 232 valence electrons. The van der Waals surface area contributed by atoms with Crippen molar-refractivity contribution >= 4 is 17.7 Å². The van der Waals surface area contributed by atoms with Crippen molar-refractivity contribution in [2.75, 3.05) is 0 Å². The van der Waals surface area contributed by atoms with Crippen LogP contribution < -0.4 is 0 Å². The summed E-state index contributed by atoms with van der Waals surface area (Å²) in [7, 11) is 0. The predicted octanol–water partition coefficient (Wildman–Crippen LogP) is 9.27. The molecule has 0 aromatic carbocycles. The quantitative estimate of drug-likeness (QED) is 0.175. The van der Waals surface area contributed by atoms with Crippen molar-refractivity contribution in [3.05, 3.63) is 11.1 Å². The molecule has 0 spiro atoms. The highest BCUT2D eigenvalue weighted by molar-refractivity contribution is 5.99. The molecular formula is C35H62O5. The lowest BCUT2D eigenvalue weighted by molar-refractivity contribution is -0.171. The topological polar surface area (TPSA) is 69.7 Å². The normalized spacial score (nSPS) is 18.6. The summed E-state index contributed by atoms with van der Waals surface area (Å²) in [5.74, 6) is 1.49. The van der Waals surface area contributed by atoms with Gasteiger partial charge in [0.25, 0.3) is 0 Å². The number of hydrogen-bond donors (Lipinski definition) is 0. The molecule has 0 aromatic heterocycles. The number of carbonyl (C=O) groups excluding carboxylic acids is 3. The second-order valence-corrected chi connectivity index (χ2v) is 14.9. The van der Waals surface area contributed by atoms with Gasteiger partial charge in [-0.15, -0.1) is 0 Å². The Morgan fingerprint density at radius 2 is 1.45 bits per heavy atom. The number of Topliss-reactive ketones (excluding diaryl/α,β-unsaturated/α-hetero) is 1. The summed E-state index contributed by atoms with van der Waals surface area (Å²) in [5.41, 5.74) is 1.03. The van der Waals surface area contributed by atoms with Crippen LogP contribution in [0, 0.1) is 34.5 Å². The Labute approximate surface area is 246 Å². The van der Waals surface area contributed by atoms with Crippen LogP contribution in [0.5, 0.6) is 0 Å². The third-order valence-corrected chi connectivity index (χ3v) is 9.37. The van der Waals surface area contributed by atoms with Crippen molar-refractivity contribution in [2.45, 2.75) is 160 Å². The zero-order valence-corrected chi connectivity index (χ0v) is 28.3. The summed E-state index contributed by atoms with van der Waals surface area (Å²) in [6, 6.07) is 0. The maximum Gasteiger partial charge on any atom is 0.312 e. The Hall–Kier alpha value is -1.65. The SMILES string of the molecule is CC[C@H](CC[C@H](C)[C@H](CC)CC[C@](C)(C1=C(C(C)C)C(=O)CC1)C(C)C)OC(=O)CC(C)(C)C(=O)OC(C)(C)C. The second kappa shape index (κ2) is 15.0. The Morgan fingerprint density at radius 3 is 1.93 bits per heavy atom. The summed E-state index contributed by atoms with van der Waals surface area (Å²) in [6.07, 6.45) is 7.38. The molecule has 0 aromatic rings. The van der Waals surface area contributed by atoms with Crippen molar-refractivity contribution in [3.63, 3.8) is 0 Å². The molecule has 0 saturated heterocycles. The number of carbonyl (C=O) groups is 3. The molecule has 0 heterocycles. The van der Waals surface area contributed by atoms with Gasteiger partial charge in [-0.3, -0.25) is 14.4 Å². The van der Waals surface area contributed by atoms with Gasteiger partial charge in [0, 0.05) is 6.42 Å². The van der Waals surface area contributed by atoms with Crippen LogP contribution in [0.25, 0.3) is 0 Å². The smallest absolute Gasteiger partial charge is 0.312 e. The second-order valence-electron chi connectivity index (χ2n) is 14.9. The molecule has 4 atom stereocenters. The van der Waals surface area contributed by atoms with E-state index in [9.17, 15) is 14.4 Å². The van der Waals surface area contributed by atoms with Crippen LogP contribution in [0.1, 0.15) is 148 Å². The Bertz CT molecular complexity index is 888. The van der Waals surface area contributed by atoms with Gasteiger partial charge in [0.15, 0.2) is 5.78 Å². The van der Waals surface area contributed by atoms with Crippen LogP contribution in [-0.4, -0.2) is 29.4 Å². The third-order valence-electron chi connectivity index (χ3n) is 9.37. The van der Waals surface area contributed by atoms with Crippen LogP contribution in [0.15, 0.2) is 11.1 Å². The first kappa shape index (κ1) is 36.4. The summed E-state index contributed by atoms with van der Waals surface area (Å²) >= 11 is 0. The van der Waals surface area contributed by atoms with E-state index in [2.05, 4.69) is 55.4 Å². The molecule has 0 unspecified atom stereocenters. The summed E-state index contributed by atoms with van der Waals surface area (Å²) < 4.78 is 11.4. The lowest BCUT2D eigenvalue weighted by atomic mass is 9.66. The van der Waals surface area contributed by atoms with Gasteiger partial charge in [0.1, 0.15) is 11.7 Å². The maximum atomic E-state index is 12.8. The van der Waals surface area contributed by atoms with Crippen LogP contribution in [0.4, 0.5) is 0 Å². The lowest BCUT2D eigenvalue weighted by Crippen LogP contribution is -2.36. The highest BCUT2D eigenvalue weighted by atomic mass is 16.6. The molecule has 1 aliphatic carbocycles. The average Bonchev–Trinajstić information content (AvgIpc) is 3.22. The van der Waals surface area contributed by atoms with E-state index >= 15 is 0 Å². The highest BCUT2D eigenvalue weighted by Gasteiger charge is 2.40. The first-order chi connectivity index (χ1) is 18.3. The van der Waals surface area contributed by atoms with E-state index in [4.69, 9.17) is 9.47 Å². The molecule has 0 amide bonds. The van der Waals surface area contributed by atoms with E-state index in [-0.39, 0.29) is 35.8 Å². The number of rotatable bonds is 16. The number of hydrogen-bond acceptors (Lipinski definition) is 5. The van der Waals surface area contributed by atoms with Gasteiger partial charge in [-0.05, 0) is 108 Å². The highest BCUT2D eigenvalue weighted by Crippen LogP contribution is 2.49. The van der Waals surface area contributed by atoms with Crippen LogP contribution in [0.2, 0.25) is 0 Å². The minimum absolute atomic E-state index is 0.00998. The van der Waals surface area contributed by atoms with Gasteiger partial charge in [-0.25, -0.2) is 0 Å². The first-order valence-electron chi connectivity index (χ1n) is 16.0. The largest absolute Gasteiger partial charge is 0.462 e. The fourth-order valence-corrected chi connectivity index (χ4v) is 6.21. The molecule has 0 N–H and O–H groups in total. The van der Waals surface area contributed by atoms with E-state index < -0.39 is 11.0 Å². The molecule has 0 aliphatic heterocycles. The minimum atomic E-state index is -0.929. The van der Waals surface area contributed by atoms with Gasteiger partial charge in [-0.2, -0.15) is 0 Å². The fourth-order valence-electron chi connectivity index (χ4n) is 6.21. The van der Waals surface area contributed by atoms with Crippen LogP contribution >= 0.6 is 0 Å². The summed E-state index contributed by atoms with van der Waals surface area (Å²) in [5, 5.41) is 0. The Kier molecular flexibility index (Phi) is 13.6. The van der Waals surface area contributed by atoms with Crippen molar-refractivity contribution in [1.82, 2.24) is 0 Å². The molecule has 0 bridgehead atoms. The molecular weight excluding hydrogens is 500 g/mol. The molecule has 1 aliphatic rings. The van der Waals surface area contributed by atoms with E-state index in [1.54, 1.807) is 13.8 Å². The monoisotopic (exact) mass is 562 g/mol. The summed E-state index contributed by atoms with van der Waals surface area (Å²) in [4.78, 5) is 38.0. The molecule has 5 heteroatoms. The predicted molar refractivity (Wildman–Crippen MR) is 165 cm³/mol. The first-order valence-corrected chi connectivity index (χ1v) is 16.0. The van der Waals surface area contributed by atoms with Gasteiger partial charge < -0.3 is 9.47 Å². The van der Waals surface area contributed by atoms with Crippen LogP contribution in [-0.2, 0) is 23.9 Å². The molecule has 1 rings (SSSR count). The standard InChI is InChI=1S/C35H62O5/c1-14-26(20-21-35(13,24(5)6)28-18-19-29(36)31(28)23(3)4)25(7)16-17-27(15-2)39-30(37)22-34(11,12)32(38)40-33(8,9)10/h23-27H,14-22H2,1-13H3/t25-,26+,27+,35-/m0/s1. The van der Waals surface area contributed by atoms with Crippen molar-refractivity contribution in [1.29, 1.82) is 0 Å². The number of allylic oxidation sites excluding steroid dienone is 2. The molecule has 0 fully saturated rings. The molecule has 0 saturated carbocycles. The molecule has 40 heavy (non-hydrogen) atoms. The maximum absolute atomic E-state index is 12.8. The third kappa shape index (κ3) is 10.3. The molecule has 0 radical (unpaired) electrons. The Morgan fingerprint density at radius 1 is 0.850 bits per heavy atom. The van der Waals surface area contributed by atoms with E-state index in [1.165, 1.54) is 5.57 Å². The number of ether oxygens (including phenoxy) is 2. The number of esters is 2. The van der Waals surface area contributed by atoms with Gasteiger partial charge in [-0.1, -0.05) is 67.4 Å². The fraction of sp³-hybridized carbons (Fsp3) is 0.857. The van der Waals surface area contributed by atoms with E-state index in [1.807, 2.05) is 20.8 Å². The van der Waals surface area contributed by atoms with Crippen molar-refractivity contribution in [2.24, 2.45) is 34.5 Å². The minimum Gasteiger partial charge on any atom is -0.462 e. The average molecular weight is 563 g/mol. The number of ketones is 1. The van der Waals surface area contributed by atoms with Gasteiger partial charge >= 0.3 is 11.9 Å². The van der Waals surface area contributed by atoms with Crippen molar-refractivity contribution < 1.29 is 23.9 Å². The zero-order chi connectivity index (χ0) is 31.1. The molecule has 5 nitrogen and oxygen atoms in total. The van der Waals surface area contributed by atoms with E-state index in [0.717, 1.165) is 50.5 Å². The van der Waals surface area contributed by atoms with Gasteiger partial charge in [0.05, 0.1) is 11.8 Å². The zero-order valence-electron chi connectivity index (χ0n) is 28.3. The van der Waals surface area contributed by atoms with Crippen molar-refractivity contribution in [3.8, 4) is 0 Å². The lowest BCUT2D eigenvalue weighted by Gasteiger charge is -2.39. The van der Waals surface area contributed by atoms with Crippen LogP contribution in [0.3, 0.4) is 0 Å². The Balaban J connectivity index is 2.79. The summed E-state index contributed by atoms with van der Waals surface area (Å²) in [6.45, 7) is 27.0.